The number of nitrogens with one attached hydrogen (secondary N) is 1. The molecule has 0 bridgehead atoms. The van der Waals surface area contributed by atoms with Crippen molar-refractivity contribution in [3.8, 4) is 0 Å². The summed E-state index contributed by atoms with van der Waals surface area (Å²) in [7, 11) is 2.04. The van der Waals surface area contributed by atoms with Gasteiger partial charge in [-0.1, -0.05) is 0 Å². The van der Waals surface area contributed by atoms with Gasteiger partial charge in [-0.25, -0.2) is 9.97 Å². The molecule has 0 saturated carbocycles. The van der Waals surface area contributed by atoms with Crippen molar-refractivity contribution >= 4 is 27.4 Å². The third-order valence-electron chi connectivity index (χ3n) is 4.66. The van der Waals surface area contributed by atoms with E-state index >= 15 is 0 Å². The van der Waals surface area contributed by atoms with Gasteiger partial charge in [-0.2, -0.15) is 0 Å². The van der Waals surface area contributed by atoms with E-state index in [2.05, 4.69) is 34.0 Å². The Morgan fingerprint density at radius 3 is 2.76 bits per heavy atom. The lowest BCUT2D eigenvalue weighted by Crippen LogP contribution is -2.35. The van der Waals surface area contributed by atoms with Crippen LogP contribution < -0.4 is 10.2 Å². The van der Waals surface area contributed by atoms with Gasteiger partial charge in [0.25, 0.3) is 0 Å². The van der Waals surface area contributed by atoms with E-state index in [4.69, 9.17) is 0 Å². The summed E-state index contributed by atoms with van der Waals surface area (Å²) < 4.78 is 0. The summed E-state index contributed by atoms with van der Waals surface area (Å²) in [5.74, 6) is 2.00. The quantitative estimate of drug-likeness (QED) is 0.942. The van der Waals surface area contributed by atoms with Crippen molar-refractivity contribution in [2.24, 2.45) is 5.92 Å². The number of piperidine rings is 1. The zero-order chi connectivity index (χ0) is 14.8. The Morgan fingerprint density at radius 1 is 1.29 bits per heavy atom. The molecule has 0 aromatic carbocycles. The summed E-state index contributed by atoms with van der Waals surface area (Å²) in [5.41, 5.74) is 1.35. The predicted molar refractivity (Wildman–Crippen MR) is 90.4 cm³/mol. The molecule has 1 saturated heterocycles. The van der Waals surface area contributed by atoms with Gasteiger partial charge >= 0.3 is 0 Å². The lowest BCUT2D eigenvalue weighted by atomic mass is 9.93. The van der Waals surface area contributed by atoms with Crippen LogP contribution in [0.5, 0.6) is 0 Å². The minimum absolute atomic E-state index is 0.858. The molecular weight excluding hydrogens is 280 g/mol. The minimum Gasteiger partial charge on any atom is -0.356 e. The first-order valence-corrected chi connectivity index (χ1v) is 8.62. The van der Waals surface area contributed by atoms with E-state index in [0.29, 0.717) is 0 Å². The molecule has 0 unspecified atom stereocenters. The van der Waals surface area contributed by atoms with E-state index < -0.39 is 0 Å². The van der Waals surface area contributed by atoms with Gasteiger partial charge in [0.2, 0.25) is 0 Å². The van der Waals surface area contributed by atoms with Crippen LogP contribution in [-0.2, 0) is 0 Å². The highest BCUT2D eigenvalue weighted by molar-refractivity contribution is 7.18. The van der Waals surface area contributed by atoms with Gasteiger partial charge in [0.1, 0.15) is 17.0 Å². The predicted octanol–water partition coefficient (Wildman–Crippen LogP) is 3.13. The maximum absolute atomic E-state index is 4.60. The van der Waals surface area contributed by atoms with Gasteiger partial charge < -0.3 is 10.2 Å². The molecule has 3 heterocycles. The van der Waals surface area contributed by atoms with E-state index in [1.54, 1.807) is 17.7 Å². The second-order valence-corrected chi connectivity index (χ2v) is 7.19. The van der Waals surface area contributed by atoms with E-state index in [1.807, 2.05) is 7.05 Å². The summed E-state index contributed by atoms with van der Waals surface area (Å²) in [6.07, 6.45) is 5.56. The second kappa shape index (κ2) is 6.28. The standard InChI is InChI=1S/C16H24N4S/c1-11-12(2)21-16-14(11)15(18-10-19-16)20-8-5-13(6-9-20)4-7-17-3/h10,13,17H,4-9H2,1-3H3. The molecule has 4 nitrogen and oxygen atoms in total. The van der Waals surface area contributed by atoms with Crippen LogP contribution in [0.3, 0.4) is 0 Å². The van der Waals surface area contributed by atoms with Gasteiger partial charge in [-0.15, -0.1) is 11.3 Å². The van der Waals surface area contributed by atoms with Crippen LogP contribution in [-0.4, -0.2) is 36.6 Å². The number of hydrogen-bond acceptors (Lipinski definition) is 5. The first-order valence-electron chi connectivity index (χ1n) is 7.81. The van der Waals surface area contributed by atoms with Crippen LogP contribution in [0, 0.1) is 19.8 Å². The summed E-state index contributed by atoms with van der Waals surface area (Å²) in [4.78, 5) is 14.0. The SMILES string of the molecule is CNCCC1CCN(c2ncnc3sc(C)c(C)c23)CC1. The average molecular weight is 304 g/mol. The Balaban J connectivity index is 1.79. The third kappa shape index (κ3) is 2.90. The highest BCUT2D eigenvalue weighted by Crippen LogP contribution is 2.35. The van der Waals surface area contributed by atoms with Gasteiger partial charge in [0.05, 0.1) is 5.39 Å². The Kier molecular flexibility index (Phi) is 4.40. The number of nitrogens with zero attached hydrogens (tertiary/aromatic N) is 3. The fraction of sp³-hybridized carbons (Fsp3) is 0.625. The van der Waals surface area contributed by atoms with Crippen molar-refractivity contribution in [2.75, 3.05) is 31.6 Å². The smallest absolute Gasteiger partial charge is 0.141 e. The van der Waals surface area contributed by atoms with Gasteiger partial charge in [-0.05, 0) is 58.2 Å². The first-order chi connectivity index (χ1) is 10.2. The number of aryl methyl sites for hydroxylation is 2. The van der Waals surface area contributed by atoms with E-state index in [1.165, 1.54) is 35.1 Å². The molecule has 0 aliphatic carbocycles. The number of hydrogen-bond donors (Lipinski definition) is 1. The molecular formula is C16H24N4S. The molecule has 3 rings (SSSR count). The Bertz CT molecular complexity index is 614. The molecule has 0 atom stereocenters. The van der Waals surface area contributed by atoms with Crippen molar-refractivity contribution < 1.29 is 0 Å². The summed E-state index contributed by atoms with van der Waals surface area (Å²) in [5, 5.41) is 4.53. The minimum atomic E-state index is 0.858. The van der Waals surface area contributed by atoms with Crippen molar-refractivity contribution in [3.05, 3.63) is 16.8 Å². The number of thiophene rings is 1. The zero-order valence-corrected chi connectivity index (χ0v) is 14.0. The molecule has 1 fully saturated rings. The van der Waals surface area contributed by atoms with Crippen molar-refractivity contribution in [1.29, 1.82) is 0 Å². The van der Waals surface area contributed by atoms with E-state index in [9.17, 15) is 0 Å². The number of aromatic nitrogens is 2. The van der Waals surface area contributed by atoms with Crippen molar-refractivity contribution in [3.63, 3.8) is 0 Å². The fourth-order valence-electron chi connectivity index (χ4n) is 3.19. The molecule has 1 aliphatic heterocycles. The molecule has 1 N–H and O–H groups in total. The molecule has 0 amide bonds. The van der Waals surface area contributed by atoms with Crippen LogP contribution in [0.2, 0.25) is 0 Å². The summed E-state index contributed by atoms with van der Waals surface area (Å²) in [6.45, 7) is 7.74. The number of rotatable bonds is 4. The third-order valence-corrected chi connectivity index (χ3v) is 5.78. The van der Waals surface area contributed by atoms with E-state index in [-0.39, 0.29) is 0 Å². The Labute approximate surface area is 130 Å². The Morgan fingerprint density at radius 2 is 2.05 bits per heavy atom. The summed E-state index contributed by atoms with van der Waals surface area (Å²) >= 11 is 1.78. The van der Waals surface area contributed by atoms with Gasteiger partial charge in [0, 0.05) is 18.0 Å². The lowest BCUT2D eigenvalue weighted by molar-refractivity contribution is 0.377. The van der Waals surface area contributed by atoms with Crippen LogP contribution in [0.15, 0.2) is 6.33 Å². The lowest BCUT2D eigenvalue weighted by Gasteiger charge is -2.33. The van der Waals surface area contributed by atoms with Gasteiger partial charge in [-0.3, -0.25) is 0 Å². The second-order valence-electron chi connectivity index (χ2n) is 5.98. The monoisotopic (exact) mass is 304 g/mol. The van der Waals surface area contributed by atoms with Crippen LogP contribution in [0.1, 0.15) is 29.7 Å². The van der Waals surface area contributed by atoms with Crippen LogP contribution >= 0.6 is 11.3 Å². The molecule has 5 heteroatoms. The molecule has 2 aromatic heterocycles. The van der Waals surface area contributed by atoms with Gasteiger partial charge in [0.15, 0.2) is 0 Å². The highest BCUT2D eigenvalue weighted by Gasteiger charge is 2.22. The van der Waals surface area contributed by atoms with Crippen molar-refractivity contribution in [1.82, 2.24) is 15.3 Å². The number of anilines is 1. The normalized spacial score (nSPS) is 16.8. The number of fused-ring (bicyclic) bond motifs is 1. The van der Waals surface area contributed by atoms with E-state index in [0.717, 1.165) is 36.2 Å². The summed E-state index contributed by atoms with van der Waals surface area (Å²) in [6, 6.07) is 0. The fourth-order valence-corrected chi connectivity index (χ4v) is 4.18. The molecule has 0 spiro atoms. The van der Waals surface area contributed by atoms with Crippen molar-refractivity contribution in [2.45, 2.75) is 33.1 Å². The van der Waals surface area contributed by atoms with Crippen LogP contribution in [0.4, 0.5) is 5.82 Å². The zero-order valence-electron chi connectivity index (χ0n) is 13.1. The Hall–Kier alpha value is -1.20. The first kappa shape index (κ1) is 14.7. The maximum atomic E-state index is 4.60. The topological polar surface area (TPSA) is 41.0 Å². The largest absolute Gasteiger partial charge is 0.356 e. The molecule has 21 heavy (non-hydrogen) atoms. The molecule has 1 aliphatic rings. The molecule has 0 radical (unpaired) electrons. The molecule has 2 aromatic rings. The van der Waals surface area contributed by atoms with Crippen LogP contribution in [0.25, 0.3) is 10.2 Å². The molecule has 114 valence electrons. The average Bonchev–Trinajstić information content (AvgIpc) is 2.81. The highest BCUT2D eigenvalue weighted by atomic mass is 32.1. The maximum Gasteiger partial charge on any atom is 0.141 e.